The standard InChI is InChI=1S/C15H26N4O/c1-2-16-11-14-17-12-18-19(14)13-6-9-20-15(10-13)7-4-3-5-8-15/h12-13,16H,2-11H2,1H3. The van der Waals surface area contributed by atoms with Crippen LogP contribution in [0.1, 0.15) is 63.7 Å². The molecule has 1 saturated carbocycles. The van der Waals surface area contributed by atoms with E-state index in [4.69, 9.17) is 4.74 Å². The van der Waals surface area contributed by atoms with E-state index in [0.717, 1.165) is 38.4 Å². The summed E-state index contributed by atoms with van der Waals surface area (Å²) in [6.07, 6.45) is 10.3. The third-order valence-corrected chi connectivity index (χ3v) is 4.76. The Morgan fingerprint density at radius 3 is 3.05 bits per heavy atom. The molecule has 0 amide bonds. The summed E-state index contributed by atoms with van der Waals surface area (Å²) in [4.78, 5) is 4.41. The van der Waals surface area contributed by atoms with Gasteiger partial charge in [0.2, 0.25) is 0 Å². The Balaban J connectivity index is 1.71. The van der Waals surface area contributed by atoms with Crippen LogP contribution >= 0.6 is 0 Å². The summed E-state index contributed by atoms with van der Waals surface area (Å²) in [5, 5.41) is 7.83. The molecule has 2 aliphatic rings. The normalized spacial score (nSPS) is 25.9. The maximum Gasteiger partial charge on any atom is 0.141 e. The highest BCUT2D eigenvalue weighted by atomic mass is 16.5. The first-order valence-corrected chi connectivity index (χ1v) is 8.06. The third kappa shape index (κ3) is 2.88. The van der Waals surface area contributed by atoms with Gasteiger partial charge >= 0.3 is 0 Å². The molecule has 1 spiro atoms. The lowest BCUT2D eigenvalue weighted by Crippen LogP contribution is -2.42. The quantitative estimate of drug-likeness (QED) is 0.919. The lowest BCUT2D eigenvalue weighted by Gasteiger charge is -2.43. The van der Waals surface area contributed by atoms with Crippen molar-refractivity contribution in [2.45, 2.75) is 70.1 Å². The molecule has 1 aliphatic carbocycles. The minimum atomic E-state index is 0.128. The van der Waals surface area contributed by atoms with E-state index < -0.39 is 0 Å². The number of aromatic nitrogens is 3. The Morgan fingerprint density at radius 2 is 2.25 bits per heavy atom. The van der Waals surface area contributed by atoms with Crippen LogP contribution in [0.3, 0.4) is 0 Å². The van der Waals surface area contributed by atoms with Crippen molar-refractivity contribution in [2.24, 2.45) is 0 Å². The van der Waals surface area contributed by atoms with Gasteiger partial charge in [-0.25, -0.2) is 9.67 Å². The van der Waals surface area contributed by atoms with Crippen LogP contribution in [0.2, 0.25) is 0 Å². The molecule has 20 heavy (non-hydrogen) atoms. The maximum atomic E-state index is 6.18. The molecule has 2 fully saturated rings. The molecule has 2 heterocycles. The van der Waals surface area contributed by atoms with Gasteiger partial charge in [-0.05, 0) is 32.2 Å². The zero-order valence-electron chi connectivity index (χ0n) is 12.5. The molecule has 0 aromatic carbocycles. The highest BCUT2D eigenvalue weighted by molar-refractivity contribution is 4.95. The van der Waals surface area contributed by atoms with E-state index >= 15 is 0 Å². The van der Waals surface area contributed by atoms with Crippen LogP contribution in [0.4, 0.5) is 0 Å². The summed E-state index contributed by atoms with van der Waals surface area (Å²) in [6.45, 7) is 4.75. The molecular weight excluding hydrogens is 252 g/mol. The van der Waals surface area contributed by atoms with Crippen LogP contribution in [0, 0.1) is 0 Å². The van der Waals surface area contributed by atoms with Crippen LogP contribution in [0.25, 0.3) is 0 Å². The van der Waals surface area contributed by atoms with Gasteiger partial charge in [-0.3, -0.25) is 0 Å². The Kier molecular flexibility index (Phi) is 4.36. The highest BCUT2D eigenvalue weighted by Crippen LogP contribution is 2.42. The van der Waals surface area contributed by atoms with E-state index in [1.165, 1.54) is 32.1 Å². The molecule has 0 bridgehead atoms. The second-order valence-electron chi connectivity index (χ2n) is 6.14. The van der Waals surface area contributed by atoms with Crippen molar-refractivity contribution < 1.29 is 4.74 Å². The summed E-state index contributed by atoms with van der Waals surface area (Å²) in [5.41, 5.74) is 0.128. The number of nitrogens with one attached hydrogen (secondary N) is 1. The average Bonchev–Trinajstić information content (AvgIpc) is 2.94. The van der Waals surface area contributed by atoms with Gasteiger partial charge in [0, 0.05) is 6.61 Å². The number of nitrogens with zero attached hydrogens (tertiary/aromatic N) is 3. The van der Waals surface area contributed by atoms with Crippen LogP contribution < -0.4 is 5.32 Å². The first-order chi connectivity index (χ1) is 9.83. The predicted molar refractivity (Wildman–Crippen MR) is 77.4 cm³/mol. The lowest BCUT2D eigenvalue weighted by molar-refractivity contribution is -0.116. The molecule has 1 aliphatic heterocycles. The largest absolute Gasteiger partial charge is 0.375 e. The fourth-order valence-electron chi connectivity index (χ4n) is 3.70. The Hall–Kier alpha value is -0.940. The Morgan fingerprint density at radius 1 is 1.40 bits per heavy atom. The van der Waals surface area contributed by atoms with Crippen LogP contribution in [0.15, 0.2) is 6.33 Å². The van der Waals surface area contributed by atoms with Crippen LogP contribution in [-0.4, -0.2) is 33.5 Å². The summed E-state index contributed by atoms with van der Waals surface area (Å²) < 4.78 is 8.32. The smallest absolute Gasteiger partial charge is 0.141 e. The Labute approximate surface area is 121 Å². The van der Waals surface area contributed by atoms with Crippen molar-refractivity contribution in [1.82, 2.24) is 20.1 Å². The summed E-state index contributed by atoms with van der Waals surface area (Å²) >= 11 is 0. The lowest BCUT2D eigenvalue weighted by atomic mass is 9.78. The topological polar surface area (TPSA) is 52.0 Å². The van der Waals surface area contributed by atoms with Gasteiger partial charge in [0.05, 0.1) is 18.2 Å². The molecule has 0 radical (unpaired) electrons. The molecule has 1 aromatic rings. The van der Waals surface area contributed by atoms with Gasteiger partial charge in [-0.2, -0.15) is 5.10 Å². The van der Waals surface area contributed by atoms with E-state index in [1.54, 1.807) is 6.33 Å². The summed E-state index contributed by atoms with van der Waals surface area (Å²) in [7, 11) is 0. The van der Waals surface area contributed by atoms with E-state index in [1.807, 2.05) is 0 Å². The minimum Gasteiger partial charge on any atom is -0.375 e. The fourth-order valence-corrected chi connectivity index (χ4v) is 3.70. The zero-order chi connectivity index (χ0) is 13.8. The minimum absolute atomic E-state index is 0.128. The van der Waals surface area contributed by atoms with E-state index in [0.29, 0.717) is 6.04 Å². The third-order valence-electron chi connectivity index (χ3n) is 4.76. The van der Waals surface area contributed by atoms with Gasteiger partial charge in [0.25, 0.3) is 0 Å². The second-order valence-corrected chi connectivity index (χ2v) is 6.14. The van der Waals surface area contributed by atoms with Gasteiger partial charge in [-0.15, -0.1) is 0 Å². The zero-order valence-corrected chi connectivity index (χ0v) is 12.5. The molecule has 1 N–H and O–H groups in total. The molecular formula is C15H26N4O. The molecule has 5 nitrogen and oxygen atoms in total. The molecule has 112 valence electrons. The first kappa shape index (κ1) is 14.0. The van der Waals surface area contributed by atoms with Gasteiger partial charge in [-0.1, -0.05) is 26.2 Å². The van der Waals surface area contributed by atoms with Crippen molar-refractivity contribution in [3.8, 4) is 0 Å². The number of rotatable bonds is 4. The molecule has 5 heteroatoms. The summed E-state index contributed by atoms with van der Waals surface area (Å²) in [6, 6.07) is 0.456. The van der Waals surface area contributed by atoms with Crippen molar-refractivity contribution in [2.75, 3.05) is 13.2 Å². The molecule has 3 rings (SSSR count). The van der Waals surface area contributed by atoms with Crippen molar-refractivity contribution in [3.63, 3.8) is 0 Å². The number of hydrogen-bond acceptors (Lipinski definition) is 4. The monoisotopic (exact) mass is 278 g/mol. The van der Waals surface area contributed by atoms with E-state index in [-0.39, 0.29) is 5.60 Å². The van der Waals surface area contributed by atoms with E-state index in [2.05, 4.69) is 27.0 Å². The molecule has 1 aromatic heterocycles. The van der Waals surface area contributed by atoms with E-state index in [9.17, 15) is 0 Å². The fraction of sp³-hybridized carbons (Fsp3) is 0.867. The first-order valence-electron chi connectivity index (χ1n) is 8.06. The van der Waals surface area contributed by atoms with Crippen molar-refractivity contribution in [1.29, 1.82) is 0 Å². The van der Waals surface area contributed by atoms with Gasteiger partial charge < -0.3 is 10.1 Å². The van der Waals surface area contributed by atoms with Crippen LogP contribution in [-0.2, 0) is 11.3 Å². The Bertz CT molecular complexity index is 420. The molecule has 1 saturated heterocycles. The predicted octanol–water partition coefficient (Wildman–Crippen LogP) is 2.44. The SMILES string of the molecule is CCNCc1ncnn1C1CCOC2(CCCCC2)C1. The molecule has 1 atom stereocenters. The highest BCUT2D eigenvalue weighted by Gasteiger charge is 2.39. The van der Waals surface area contributed by atoms with Gasteiger partial charge in [0.1, 0.15) is 12.2 Å². The number of hydrogen-bond donors (Lipinski definition) is 1. The number of ether oxygens (including phenoxy) is 1. The maximum absolute atomic E-state index is 6.18. The molecule has 1 unspecified atom stereocenters. The van der Waals surface area contributed by atoms with Crippen molar-refractivity contribution in [3.05, 3.63) is 12.2 Å². The van der Waals surface area contributed by atoms with Crippen molar-refractivity contribution >= 4 is 0 Å². The average molecular weight is 278 g/mol. The van der Waals surface area contributed by atoms with Crippen LogP contribution in [0.5, 0.6) is 0 Å². The summed E-state index contributed by atoms with van der Waals surface area (Å²) in [5.74, 6) is 1.06. The second kappa shape index (κ2) is 6.22. The van der Waals surface area contributed by atoms with Gasteiger partial charge in [0.15, 0.2) is 0 Å².